The van der Waals surface area contributed by atoms with Gasteiger partial charge in [0, 0.05) is 12.1 Å². The first kappa shape index (κ1) is 19.8. The molecule has 4 aromatic carbocycles. The third kappa shape index (κ3) is 3.85. The highest BCUT2D eigenvalue weighted by Gasteiger charge is 2.15. The average Bonchev–Trinajstić information content (AvgIpc) is 2.77. The smallest absolute Gasteiger partial charge is 0.271 e. The van der Waals surface area contributed by atoms with E-state index in [-0.39, 0.29) is 11.3 Å². The fraction of sp³-hybridized carbons (Fsp3) is 0.0400. The molecule has 0 unspecified atom stereocenters. The van der Waals surface area contributed by atoms with Gasteiger partial charge in [-0.1, -0.05) is 54.6 Å². The molecule has 1 N–H and O–H groups in total. The van der Waals surface area contributed by atoms with Gasteiger partial charge in [-0.25, -0.2) is 0 Å². The van der Waals surface area contributed by atoms with Gasteiger partial charge in [0.2, 0.25) is 0 Å². The number of nitrogens with one attached hydrogen (secondary N) is 1. The molecule has 0 saturated heterocycles. The molecule has 0 aliphatic heterocycles. The Hall–Kier alpha value is -4.50. The minimum Gasteiger partial charge on any atom is -0.321 e. The number of nitriles is 1. The van der Waals surface area contributed by atoms with E-state index in [1.807, 2.05) is 54.6 Å². The van der Waals surface area contributed by atoms with Gasteiger partial charge >= 0.3 is 0 Å². The summed E-state index contributed by atoms with van der Waals surface area (Å²) in [6.07, 6.45) is 1.58. The number of anilines is 1. The number of nitrogens with zero attached hydrogens (tertiary/aromatic N) is 2. The number of nitro benzene ring substituents is 1. The molecule has 31 heavy (non-hydrogen) atoms. The van der Waals surface area contributed by atoms with Gasteiger partial charge in [0.15, 0.2) is 0 Å². The summed E-state index contributed by atoms with van der Waals surface area (Å²) in [5.41, 5.74) is 1.50. The van der Waals surface area contributed by atoms with Gasteiger partial charge in [0.05, 0.1) is 10.6 Å². The standard InChI is InChI=1S/C25H17N3O3/c1-16-10-11-20(28(30)31)14-24(16)27-25(29)19(15-26)13-23-21-8-4-2-6-17(21)12-18-7-3-5-9-22(18)23/h2-14H,1H3,(H,27,29)/b19-13+. The van der Waals surface area contributed by atoms with Crippen LogP contribution >= 0.6 is 0 Å². The second-order valence-corrected chi connectivity index (χ2v) is 7.11. The van der Waals surface area contributed by atoms with Crippen LogP contribution in [0.25, 0.3) is 27.6 Å². The fourth-order valence-electron chi connectivity index (χ4n) is 3.55. The quantitative estimate of drug-likeness (QED) is 0.153. The number of benzene rings is 4. The van der Waals surface area contributed by atoms with Gasteiger partial charge in [0.25, 0.3) is 11.6 Å². The average molecular weight is 407 g/mol. The monoisotopic (exact) mass is 407 g/mol. The first-order chi connectivity index (χ1) is 15.0. The number of hydrogen-bond acceptors (Lipinski definition) is 4. The zero-order valence-corrected chi connectivity index (χ0v) is 16.6. The Labute approximate surface area is 178 Å². The van der Waals surface area contributed by atoms with E-state index in [1.54, 1.807) is 19.1 Å². The number of amides is 1. The van der Waals surface area contributed by atoms with Crippen LogP contribution in [0.1, 0.15) is 11.1 Å². The predicted octanol–water partition coefficient (Wildman–Crippen LogP) is 5.76. The molecule has 0 heterocycles. The van der Waals surface area contributed by atoms with Crippen molar-refractivity contribution < 1.29 is 9.72 Å². The third-order valence-electron chi connectivity index (χ3n) is 5.15. The van der Waals surface area contributed by atoms with Crippen LogP contribution in [-0.4, -0.2) is 10.8 Å². The Morgan fingerprint density at radius 1 is 1.00 bits per heavy atom. The molecule has 0 fully saturated rings. The van der Waals surface area contributed by atoms with E-state index in [9.17, 15) is 20.2 Å². The van der Waals surface area contributed by atoms with Gasteiger partial charge in [-0.05, 0) is 51.7 Å². The Bertz CT molecular complexity index is 1380. The molecule has 150 valence electrons. The van der Waals surface area contributed by atoms with Crippen molar-refractivity contribution >= 4 is 44.9 Å². The van der Waals surface area contributed by atoms with E-state index in [4.69, 9.17) is 0 Å². The Balaban J connectivity index is 1.81. The lowest BCUT2D eigenvalue weighted by molar-refractivity contribution is -0.384. The molecule has 4 rings (SSSR count). The van der Waals surface area contributed by atoms with Gasteiger partial charge in [-0.2, -0.15) is 5.26 Å². The van der Waals surface area contributed by atoms with Crippen molar-refractivity contribution in [1.29, 1.82) is 5.26 Å². The minimum absolute atomic E-state index is 0.0904. The summed E-state index contributed by atoms with van der Waals surface area (Å²) >= 11 is 0. The van der Waals surface area contributed by atoms with Crippen LogP contribution in [-0.2, 0) is 4.79 Å². The number of carbonyl (C=O) groups is 1. The zero-order valence-electron chi connectivity index (χ0n) is 16.6. The molecular formula is C25H17N3O3. The fourth-order valence-corrected chi connectivity index (χ4v) is 3.55. The number of rotatable bonds is 4. The molecule has 0 aliphatic carbocycles. The SMILES string of the molecule is Cc1ccc([N+](=O)[O-])cc1NC(=O)/C(C#N)=C/c1c2ccccc2cc2ccccc12. The van der Waals surface area contributed by atoms with Crippen LogP contribution in [0.2, 0.25) is 0 Å². The van der Waals surface area contributed by atoms with Crippen LogP contribution < -0.4 is 5.32 Å². The van der Waals surface area contributed by atoms with Crippen molar-refractivity contribution in [1.82, 2.24) is 0 Å². The topological polar surface area (TPSA) is 96.0 Å². The lowest BCUT2D eigenvalue weighted by Crippen LogP contribution is -2.14. The highest BCUT2D eigenvalue weighted by molar-refractivity contribution is 6.14. The molecule has 0 spiro atoms. The Morgan fingerprint density at radius 3 is 2.19 bits per heavy atom. The zero-order chi connectivity index (χ0) is 22.0. The highest BCUT2D eigenvalue weighted by atomic mass is 16.6. The number of hydrogen-bond donors (Lipinski definition) is 1. The normalized spacial score (nSPS) is 11.3. The van der Waals surface area contributed by atoms with Gasteiger partial charge in [-0.3, -0.25) is 14.9 Å². The lowest BCUT2D eigenvalue weighted by Gasteiger charge is -2.10. The van der Waals surface area contributed by atoms with E-state index in [0.717, 1.165) is 27.1 Å². The van der Waals surface area contributed by atoms with E-state index >= 15 is 0 Å². The first-order valence-electron chi connectivity index (χ1n) is 9.56. The van der Waals surface area contributed by atoms with E-state index in [2.05, 4.69) is 11.4 Å². The van der Waals surface area contributed by atoms with Crippen molar-refractivity contribution in [2.75, 3.05) is 5.32 Å². The van der Waals surface area contributed by atoms with Gasteiger partial charge in [0.1, 0.15) is 11.6 Å². The van der Waals surface area contributed by atoms with Crippen molar-refractivity contribution in [3.63, 3.8) is 0 Å². The maximum absolute atomic E-state index is 12.9. The largest absolute Gasteiger partial charge is 0.321 e. The molecule has 0 radical (unpaired) electrons. The van der Waals surface area contributed by atoms with Crippen LogP contribution in [0.15, 0.2) is 78.4 Å². The van der Waals surface area contributed by atoms with Crippen LogP contribution in [0, 0.1) is 28.4 Å². The summed E-state index contributed by atoms with van der Waals surface area (Å²) in [6, 6.07) is 23.8. The summed E-state index contributed by atoms with van der Waals surface area (Å²) in [5, 5.41) is 27.3. The van der Waals surface area contributed by atoms with Crippen molar-refractivity contribution in [2.24, 2.45) is 0 Å². The molecule has 0 aliphatic rings. The van der Waals surface area contributed by atoms with E-state index in [1.165, 1.54) is 12.1 Å². The van der Waals surface area contributed by atoms with E-state index in [0.29, 0.717) is 11.3 Å². The first-order valence-corrected chi connectivity index (χ1v) is 9.56. The number of aryl methyl sites for hydroxylation is 1. The molecule has 6 nitrogen and oxygen atoms in total. The Morgan fingerprint density at radius 2 is 1.61 bits per heavy atom. The summed E-state index contributed by atoms with van der Waals surface area (Å²) in [7, 11) is 0. The van der Waals surface area contributed by atoms with Gasteiger partial charge in [-0.15, -0.1) is 0 Å². The molecular weight excluding hydrogens is 390 g/mol. The maximum atomic E-state index is 12.9. The molecule has 0 bridgehead atoms. The van der Waals surface area contributed by atoms with Crippen LogP contribution in [0.4, 0.5) is 11.4 Å². The summed E-state index contributed by atoms with van der Waals surface area (Å²) < 4.78 is 0. The molecule has 0 aromatic heterocycles. The molecule has 4 aromatic rings. The lowest BCUT2D eigenvalue weighted by atomic mass is 9.95. The van der Waals surface area contributed by atoms with Gasteiger partial charge < -0.3 is 5.32 Å². The molecule has 0 atom stereocenters. The second kappa shape index (κ2) is 8.09. The molecule has 6 heteroatoms. The van der Waals surface area contributed by atoms with Crippen molar-refractivity contribution in [2.45, 2.75) is 6.92 Å². The van der Waals surface area contributed by atoms with Crippen LogP contribution in [0.5, 0.6) is 0 Å². The molecule has 0 saturated carbocycles. The number of non-ortho nitro benzene ring substituents is 1. The third-order valence-corrected chi connectivity index (χ3v) is 5.15. The number of nitro groups is 1. The van der Waals surface area contributed by atoms with Crippen LogP contribution in [0.3, 0.4) is 0 Å². The second-order valence-electron chi connectivity index (χ2n) is 7.11. The summed E-state index contributed by atoms with van der Waals surface area (Å²) in [5.74, 6) is -0.622. The predicted molar refractivity (Wildman–Crippen MR) is 122 cm³/mol. The Kier molecular flexibility index (Phi) is 5.17. The minimum atomic E-state index is -0.622. The van der Waals surface area contributed by atoms with E-state index < -0.39 is 10.8 Å². The number of fused-ring (bicyclic) bond motifs is 2. The summed E-state index contributed by atoms with van der Waals surface area (Å²) in [6.45, 7) is 1.73. The maximum Gasteiger partial charge on any atom is 0.271 e. The number of carbonyl (C=O) groups excluding carboxylic acids is 1. The van der Waals surface area contributed by atoms with Crippen molar-refractivity contribution in [3.05, 3.63) is 99.6 Å². The molecule has 1 amide bonds. The highest BCUT2D eigenvalue weighted by Crippen LogP contribution is 2.30. The van der Waals surface area contributed by atoms with Crippen molar-refractivity contribution in [3.8, 4) is 6.07 Å². The summed E-state index contributed by atoms with van der Waals surface area (Å²) in [4.78, 5) is 23.4.